The summed E-state index contributed by atoms with van der Waals surface area (Å²) in [7, 11) is 1.72. The summed E-state index contributed by atoms with van der Waals surface area (Å²) in [5.41, 5.74) is 2.93. The molecule has 1 saturated heterocycles. The van der Waals surface area contributed by atoms with Crippen LogP contribution in [0.25, 0.3) is 0 Å². The Labute approximate surface area is 221 Å². The third-order valence-electron chi connectivity index (χ3n) is 7.66. The SMILES string of the molecule is CCc1ccc(CN(C[C@@H]2CNC[C@H]2CN(C(=O)c2ccon2)C2CC2)C(C)C)cc1OCCCOC. The number of aromatic nitrogens is 1. The minimum Gasteiger partial charge on any atom is -0.493 e. The minimum atomic E-state index is -0.00309. The first-order valence-corrected chi connectivity index (χ1v) is 13.9. The summed E-state index contributed by atoms with van der Waals surface area (Å²) in [6.07, 6.45) is 5.47. The number of carbonyl (C=O) groups is 1. The quantitative estimate of drug-likeness (QED) is 0.361. The van der Waals surface area contributed by atoms with Crippen LogP contribution in [-0.4, -0.2) is 79.4 Å². The molecule has 204 valence electrons. The topological polar surface area (TPSA) is 80.1 Å². The number of hydrogen-bond acceptors (Lipinski definition) is 7. The molecule has 1 aliphatic carbocycles. The Morgan fingerprint density at radius 3 is 2.59 bits per heavy atom. The van der Waals surface area contributed by atoms with Gasteiger partial charge >= 0.3 is 0 Å². The number of hydrogen-bond donors (Lipinski definition) is 1. The molecule has 0 bridgehead atoms. The van der Waals surface area contributed by atoms with E-state index in [9.17, 15) is 4.79 Å². The van der Waals surface area contributed by atoms with E-state index in [0.717, 1.165) is 64.2 Å². The molecule has 2 fully saturated rings. The van der Waals surface area contributed by atoms with Crippen molar-refractivity contribution < 1.29 is 18.8 Å². The molecule has 0 spiro atoms. The molecule has 1 aromatic carbocycles. The molecule has 4 rings (SSSR count). The fourth-order valence-corrected chi connectivity index (χ4v) is 5.22. The average Bonchev–Trinajstić information content (AvgIpc) is 3.39. The molecule has 8 nitrogen and oxygen atoms in total. The molecule has 1 aliphatic heterocycles. The molecule has 1 aromatic heterocycles. The highest BCUT2D eigenvalue weighted by Crippen LogP contribution is 2.31. The second kappa shape index (κ2) is 13.4. The summed E-state index contributed by atoms with van der Waals surface area (Å²) in [5.74, 6) is 1.89. The average molecular weight is 513 g/mol. The van der Waals surface area contributed by atoms with E-state index in [4.69, 9.17) is 14.0 Å². The lowest BCUT2D eigenvalue weighted by atomic mass is 9.93. The van der Waals surface area contributed by atoms with Gasteiger partial charge in [0.2, 0.25) is 0 Å². The fourth-order valence-electron chi connectivity index (χ4n) is 5.22. The number of methoxy groups -OCH3 is 1. The predicted octanol–water partition coefficient (Wildman–Crippen LogP) is 4.00. The van der Waals surface area contributed by atoms with E-state index in [-0.39, 0.29) is 5.91 Å². The predicted molar refractivity (Wildman–Crippen MR) is 144 cm³/mol. The van der Waals surface area contributed by atoms with E-state index >= 15 is 0 Å². The van der Waals surface area contributed by atoms with Gasteiger partial charge in [-0.3, -0.25) is 9.69 Å². The van der Waals surface area contributed by atoms with Crippen molar-refractivity contribution in [3.63, 3.8) is 0 Å². The Balaban J connectivity index is 1.40. The van der Waals surface area contributed by atoms with Crippen LogP contribution >= 0.6 is 0 Å². The maximum Gasteiger partial charge on any atom is 0.276 e. The summed E-state index contributed by atoms with van der Waals surface area (Å²) in [4.78, 5) is 17.7. The second-order valence-corrected chi connectivity index (χ2v) is 10.8. The highest BCUT2D eigenvalue weighted by Gasteiger charge is 2.38. The molecular formula is C29H44N4O4. The third kappa shape index (κ3) is 7.55. The van der Waals surface area contributed by atoms with Crippen molar-refractivity contribution in [2.75, 3.05) is 46.5 Å². The van der Waals surface area contributed by atoms with E-state index in [1.807, 2.05) is 4.90 Å². The molecule has 0 unspecified atom stereocenters. The van der Waals surface area contributed by atoms with Gasteiger partial charge in [0, 0.05) is 64.5 Å². The first-order valence-electron chi connectivity index (χ1n) is 13.9. The fraction of sp³-hybridized carbons (Fsp3) is 0.655. The second-order valence-electron chi connectivity index (χ2n) is 10.8. The van der Waals surface area contributed by atoms with Crippen LogP contribution < -0.4 is 10.1 Å². The molecule has 0 radical (unpaired) electrons. The largest absolute Gasteiger partial charge is 0.493 e. The number of amides is 1. The number of aryl methyl sites for hydroxylation is 1. The van der Waals surface area contributed by atoms with Crippen molar-refractivity contribution in [1.29, 1.82) is 0 Å². The van der Waals surface area contributed by atoms with Gasteiger partial charge < -0.3 is 24.2 Å². The van der Waals surface area contributed by atoms with Gasteiger partial charge in [0.25, 0.3) is 5.91 Å². The highest BCUT2D eigenvalue weighted by atomic mass is 16.5. The zero-order valence-corrected chi connectivity index (χ0v) is 22.9. The molecule has 1 N–H and O–H groups in total. The summed E-state index contributed by atoms with van der Waals surface area (Å²) in [6.45, 7) is 12.6. The molecule has 1 saturated carbocycles. The Hall–Kier alpha value is -2.42. The number of nitrogens with one attached hydrogen (secondary N) is 1. The van der Waals surface area contributed by atoms with Gasteiger partial charge in [-0.15, -0.1) is 0 Å². The lowest BCUT2D eigenvalue weighted by molar-refractivity contribution is 0.0679. The highest BCUT2D eigenvalue weighted by molar-refractivity contribution is 5.92. The van der Waals surface area contributed by atoms with Gasteiger partial charge in [0.05, 0.1) is 6.61 Å². The Bertz CT molecular complexity index is 976. The van der Waals surface area contributed by atoms with Crippen LogP contribution in [0, 0.1) is 11.8 Å². The van der Waals surface area contributed by atoms with Crippen molar-refractivity contribution in [1.82, 2.24) is 20.3 Å². The van der Waals surface area contributed by atoms with Gasteiger partial charge in [-0.25, -0.2) is 0 Å². The lowest BCUT2D eigenvalue weighted by Crippen LogP contribution is -2.42. The Morgan fingerprint density at radius 1 is 1.16 bits per heavy atom. The zero-order chi connectivity index (χ0) is 26.2. The number of nitrogens with zero attached hydrogens (tertiary/aromatic N) is 3. The van der Waals surface area contributed by atoms with E-state index in [1.165, 1.54) is 17.4 Å². The molecule has 1 amide bonds. The van der Waals surface area contributed by atoms with E-state index in [1.54, 1.807) is 13.2 Å². The van der Waals surface area contributed by atoms with Crippen molar-refractivity contribution in [2.45, 2.75) is 65.1 Å². The van der Waals surface area contributed by atoms with Gasteiger partial charge in [-0.05, 0) is 68.7 Å². The number of rotatable bonds is 15. The standard InChI is InChI=1S/C29H44N4O4/c1-5-23-8-7-22(15-28(23)36-13-6-12-35-4)18-32(21(2)3)19-24-16-30-17-25(24)20-33(26-9-10-26)29(34)27-11-14-37-31-27/h7-8,11,14-15,21,24-26,30H,5-6,9-10,12-13,16-20H2,1-4H3/t24-,25-/m0/s1. The van der Waals surface area contributed by atoms with Crippen molar-refractivity contribution in [3.05, 3.63) is 47.3 Å². The van der Waals surface area contributed by atoms with Crippen LogP contribution in [0.15, 0.2) is 35.1 Å². The Morgan fingerprint density at radius 2 is 1.95 bits per heavy atom. The van der Waals surface area contributed by atoms with Crippen LogP contribution in [0.4, 0.5) is 0 Å². The first kappa shape index (κ1) is 27.6. The summed E-state index contributed by atoms with van der Waals surface area (Å²) >= 11 is 0. The van der Waals surface area contributed by atoms with Gasteiger partial charge in [-0.1, -0.05) is 24.2 Å². The van der Waals surface area contributed by atoms with Crippen LogP contribution in [0.3, 0.4) is 0 Å². The van der Waals surface area contributed by atoms with Gasteiger partial charge in [-0.2, -0.15) is 0 Å². The molecule has 8 heteroatoms. The smallest absolute Gasteiger partial charge is 0.276 e. The zero-order valence-electron chi connectivity index (χ0n) is 22.9. The summed E-state index contributed by atoms with van der Waals surface area (Å²) in [6, 6.07) is 9.09. The number of carbonyl (C=O) groups excluding carboxylic acids is 1. The molecule has 2 aromatic rings. The van der Waals surface area contributed by atoms with Crippen molar-refractivity contribution >= 4 is 5.91 Å². The minimum absolute atomic E-state index is 0.00309. The molecule has 37 heavy (non-hydrogen) atoms. The normalized spacial score (nSPS) is 19.6. The monoisotopic (exact) mass is 512 g/mol. The van der Waals surface area contributed by atoms with Gasteiger partial charge in [0.15, 0.2) is 5.69 Å². The summed E-state index contributed by atoms with van der Waals surface area (Å²) in [5, 5.41) is 7.50. The third-order valence-corrected chi connectivity index (χ3v) is 7.66. The maximum atomic E-state index is 13.1. The van der Waals surface area contributed by atoms with Crippen molar-refractivity contribution in [2.24, 2.45) is 11.8 Å². The first-order chi connectivity index (χ1) is 18.0. The number of benzene rings is 1. The Kier molecular flexibility index (Phi) is 10.00. The maximum absolute atomic E-state index is 13.1. The number of ether oxygens (including phenoxy) is 2. The van der Waals surface area contributed by atoms with Crippen LogP contribution in [0.1, 0.15) is 61.6 Å². The van der Waals surface area contributed by atoms with E-state index in [0.29, 0.717) is 42.8 Å². The van der Waals surface area contributed by atoms with E-state index in [2.05, 4.69) is 54.3 Å². The lowest BCUT2D eigenvalue weighted by Gasteiger charge is -2.33. The summed E-state index contributed by atoms with van der Waals surface area (Å²) < 4.78 is 16.2. The van der Waals surface area contributed by atoms with E-state index < -0.39 is 0 Å². The van der Waals surface area contributed by atoms with Crippen LogP contribution in [0.2, 0.25) is 0 Å². The van der Waals surface area contributed by atoms with Crippen LogP contribution in [0.5, 0.6) is 5.75 Å². The molecule has 2 heterocycles. The van der Waals surface area contributed by atoms with Gasteiger partial charge in [0.1, 0.15) is 12.0 Å². The van der Waals surface area contributed by atoms with Crippen molar-refractivity contribution in [3.8, 4) is 5.75 Å². The molecular weight excluding hydrogens is 468 g/mol. The molecule has 2 atom stereocenters. The molecule has 2 aliphatic rings. The van der Waals surface area contributed by atoms with Crippen LogP contribution in [-0.2, 0) is 17.7 Å².